The molecule has 1 aromatic carbocycles. The van der Waals surface area contributed by atoms with E-state index in [1.165, 1.54) is 24.3 Å². The molecule has 2 rings (SSSR count). The lowest BCUT2D eigenvalue weighted by Crippen LogP contribution is -2.12. The third kappa shape index (κ3) is 2.51. The number of nitrogens with one attached hydrogen (secondary N) is 1. The average molecular weight is 263 g/mol. The largest absolute Gasteiger partial charge is 0.505 e. The van der Waals surface area contributed by atoms with Crippen LogP contribution in [0.2, 0.25) is 0 Å². The number of nitro groups is 1. The Morgan fingerprint density at radius 1 is 1.53 bits per heavy atom. The highest BCUT2D eigenvalue weighted by Gasteiger charge is 2.21. The Balaban J connectivity index is 2.33. The van der Waals surface area contributed by atoms with Gasteiger partial charge in [0, 0.05) is 12.1 Å². The maximum absolute atomic E-state index is 11.8. The zero-order chi connectivity index (χ0) is 14.0. The summed E-state index contributed by atoms with van der Waals surface area (Å²) in [4.78, 5) is 21.9. The fourth-order valence-corrected chi connectivity index (χ4v) is 1.45. The molecule has 0 radical (unpaired) electrons. The Bertz CT molecular complexity index is 650. The number of aromatic hydroxyl groups is 1. The van der Waals surface area contributed by atoms with E-state index in [0.717, 1.165) is 0 Å². The summed E-state index contributed by atoms with van der Waals surface area (Å²) in [5, 5.41) is 26.1. The number of hydrogen-bond donors (Lipinski definition) is 2. The van der Waals surface area contributed by atoms with Gasteiger partial charge >= 0.3 is 0 Å². The molecule has 8 heteroatoms. The van der Waals surface area contributed by atoms with Gasteiger partial charge < -0.3 is 14.9 Å². The van der Waals surface area contributed by atoms with Crippen LogP contribution in [-0.2, 0) is 0 Å². The number of nitro benzene ring substituents is 1. The van der Waals surface area contributed by atoms with E-state index >= 15 is 0 Å². The molecule has 2 N–H and O–H groups in total. The Hall–Kier alpha value is -2.90. The van der Waals surface area contributed by atoms with Crippen LogP contribution in [0.3, 0.4) is 0 Å². The van der Waals surface area contributed by atoms with Gasteiger partial charge in [0.1, 0.15) is 5.75 Å². The number of anilines is 1. The monoisotopic (exact) mass is 263 g/mol. The summed E-state index contributed by atoms with van der Waals surface area (Å²) < 4.78 is 4.72. The molecule has 1 aromatic heterocycles. The maximum atomic E-state index is 11.8. The van der Waals surface area contributed by atoms with Crippen LogP contribution in [0.5, 0.6) is 5.75 Å². The molecule has 19 heavy (non-hydrogen) atoms. The van der Waals surface area contributed by atoms with E-state index in [-0.39, 0.29) is 11.4 Å². The number of rotatable bonds is 3. The molecular weight excluding hydrogens is 254 g/mol. The molecule has 0 bridgehead atoms. The molecule has 0 aliphatic heterocycles. The third-order valence-electron chi connectivity index (χ3n) is 2.31. The number of carbonyl (C=O) groups is 1. The molecular formula is C11H9N3O5. The van der Waals surface area contributed by atoms with Gasteiger partial charge in [-0.1, -0.05) is 11.2 Å². The van der Waals surface area contributed by atoms with Crippen molar-refractivity contribution in [2.45, 2.75) is 6.92 Å². The summed E-state index contributed by atoms with van der Waals surface area (Å²) in [7, 11) is 0. The van der Waals surface area contributed by atoms with E-state index in [0.29, 0.717) is 5.69 Å². The lowest BCUT2D eigenvalue weighted by Gasteiger charge is -2.05. The van der Waals surface area contributed by atoms with Crippen LogP contribution < -0.4 is 5.32 Å². The van der Waals surface area contributed by atoms with Crippen LogP contribution >= 0.6 is 0 Å². The highest BCUT2D eigenvalue weighted by atomic mass is 16.6. The Morgan fingerprint density at radius 2 is 2.26 bits per heavy atom. The molecule has 0 saturated carbocycles. The minimum absolute atomic E-state index is 0.102. The average Bonchev–Trinajstić information content (AvgIpc) is 2.78. The number of aromatic nitrogens is 1. The first-order chi connectivity index (χ1) is 8.99. The van der Waals surface area contributed by atoms with Crippen molar-refractivity contribution in [3.05, 3.63) is 45.8 Å². The SMILES string of the molecule is Cc1cc(C(=O)Nc2c(O)cccc2[N+](=O)[O-])on1. The van der Waals surface area contributed by atoms with Crippen LogP contribution in [0.4, 0.5) is 11.4 Å². The summed E-state index contributed by atoms with van der Waals surface area (Å²) in [6.07, 6.45) is 0. The molecule has 0 spiro atoms. The molecule has 98 valence electrons. The first-order valence-electron chi connectivity index (χ1n) is 5.20. The van der Waals surface area contributed by atoms with Crippen molar-refractivity contribution in [2.75, 3.05) is 5.32 Å². The molecule has 0 atom stereocenters. The molecule has 1 amide bonds. The third-order valence-corrected chi connectivity index (χ3v) is 2.31. The normalized spacial score (nSPS) is 10.2. The molecule has 2 aromatic rings. The number of amides is 1. The summed E-state index contributed by atoms with van der Waals surface area (Å²) in [6.45, 7) is 1.63. The Kier molecular flexibility index (Phi) is 3.15. The van der Waals surface area contributed by atoms with Gasteiger partial charge in [-0.2, -0.15) is 0 Å². The molecule has 0 saturated heterocycles. The number of benzene rings is 1. The van der Waals surface area contributed by atoms with Gasteiger partial charge in [-0.3, -0.25) is 14.9 Å². The summed E-state index contributed by atoms with van der Waals surface area (Å²) in [6, 6.07) is 5.08. The highest BCUT2D eigenvalue weighted by molar-refractivity contribution is 6.04. The van der Waals surface area contributed by atoms with Crippen molar-refractivity contribution >= 4 is 17.3 Å². The number of nitrogens with zero attached hydrogens (tertiary/aromatic N) is 2. The van der Waals surface area contributed by atoms with Crippen molar-refractivity contribution in [1.29, 1.82) is 0 Å². The fraction of sp³-hybridized carbons (Fsp3) is 0.0909. The van der Waals surface area contributed by atoms with Crippen LogP contribution in [0.15, 0.2) is 28.8 Å². The topological polar surface area (TPSA) is 118 Å². The smallest absolute Gasteiger partial charge is 0.296 e. The molecule has 0 fully saturated rings. The van der Waals surface area contributed by atoms with Crippen LogP contribution in [-0.4, -0.2) is 21.1 Å². The van der Waals surface area contributed by atoms with Crippen molar-refractivity contribution in [2.24, 2.45) is 0 Å². The number of aryl methyl sites for hydroxylation is 1. The lowest BCUT2D eigenvalue weighted by atomic mass is 10.2. The van der Waals surface area contributed by atoms with Gasteiger partial charge in [0.25, 0.3) is 11.6 Å². The zero-order valence-corrected chi connectivity index (χ0v) is 9.78. The fourth-order valence-electron chi connectivity index (χ4n) is 1.45. The van der Waals surface area contributed by atoms with Crippen molar-refractivity contribution in [3.63, 3.8) is 0 Å². The Labute approximate surface area is 106 Å². The van der Waals surface area contributed by atoms with Crippen molar-refractivity contribution in [3.8, 4) is 5.75 Å². The first-order valence-corrected chi connectivity index (χ1v) is 5.20. The quantitative estimate of drug-likeness (QED) is 0.495. The summed E-state index contributed by atoms with van der Waals surface area (Å²) in [5.41, 5.74) is -0.201. The second-order valence-electron chi connectivity index (χ2n) is 3.72. The van der Waals surface area contributed by atoms with Crippen molar-refractivity contribution < 1.29 is 19.3 Å². The van der Waals surface area contributed by atoms with E-state index in [1.54, 1.807) is 6.92 Å². The molecule has 0 aliphatic carbocycles. The number of phenolic OH excluding ortho intramolecular Hbond substituents is 1. The van der Waals surface area contributed by atoms with Gasteiger partial charge in [-0.25, -0.2) is 0 Å². The van der Waals surface area contributed by atoms with Crippen LogP contribution in [0, 0.1) is 17.0 Å². The van der Waals surface area contributed by atoms with Gasteiger partial charge in [0.15, 0.2) is 5.69 Å². The second kappa shape index (κ2) is 4.77. The van der Waals surface area contributed by atoms with E-state index in [9.17, 15) is 20.0 Å². The predicted octanol–water partition coefficient (Wildman–Crippen LogP) is 1.85. The van der Waals surface area contributed by atoms with Crippen LogP contribution in [0.25, 0.3) is 0 Å². The van der Waals surface area contributed by atoms with Gasteiger partial charge in [-0.05, 0) is 13.0 Å². The Morgan fingerprint density at radius 3 is 2.84 bits per heavy atom. The molecule has 1 heterocycles. The van der Waals surface area contributed by atoms with E-state index in [4.69, 9.17) is 4.52 Å². The molecule has 0 aliphatic rings. The highest BCUT2D eigenvalue weighted by Crippen LogP contribution is 2.33. The second-order valence-corrected chi connectivity index (χ2v) is 3.72. The summed E-state index contributed by atoms with van der Waals surface area (Å²) >= 11 is 0. The minimum atomic E-state index is -0.731. The van der Waals surface area contributed by atoms with Gasteiger partial charge in [0.2, 0.25) is 5.76 Å². The first kappa shape index (κ1) is 12.6. The van der Waals surface area contributed by atoms with E-state index < -0.39 is 22.3 Å². The van der Waals surface area contributed by atoms with Crippen LogP contribution in [0.1, 0.15) is 16.2 Å². The number of carbonyl (C=O) groups excluding carboxylic acids is 1. The lowest BCUT2D eigenvalue weighted by molar-refractivity contribution is -0.384. The van der Waals surface area contributed by atoms with Gasteiger partial charge in [0.05, 0.1) is 10.6 Å². The number of phenols is 1. The van der Waals surface area contributed by atoms with Crippen molar-refractivity contribution in [1.82, 2.24) is 5.16 Å². The van der Waals surface area contributed by atoms with E-state index in [1.807, 2.05) is 0 Å². The standard InChI is InChI=1S/C11H9N3O5/c1-6-5-9(19-13-6)11(16)12-10-7(14(17)18)3-2-4-8(10)15/h2-5,15H,1H3,(H,12,16). The minimum Gasteiger partial charge on any atom is -0.505 e. The molecule has 8 nitrogen and oxygen atoms in total. The predicted molar refractivity (Wildman–Crippen MR) is 64.0 cm³/mol. The van der Waals surface area contributed by atoms with Gasteiger partial charge in [-0.15, -0.1) is 0 Å². The number of para-hydroxylation sites is 1. The summed E-state index contributed by atoms with van der Waals surface area (Å²) in [5.74, 6) is -1.24. The van der Waals surface area contributed by atoms with E-state index in [2.05, 4.69) is 10.5 Å². The number of hydrogen-bond acceptors (Lipinski definition) is 6. The maximum Gasteiger partial charge on any atom is 0.296 e. The zero-order valence-electron chi connectivity index (χ0n) is 9.78. The molecule has 0 unspecified atom stereocenters.